The van der Waals surface area contributed by atoms with E-state index in [1.54, 1.807) is 6.20 Å². The third-order valence-electron chi connectivity index (χ3n) is 2.46. The third kappa shape index (κ3) is 3.79. The summed E-state index contributed by atoms with van der Waals surface area (Å²) in [5.74, 6) is 1.37. The largest absolute Gasteiger partial charge is 0.376 e. The van der Waals surface area contributed by atoms with Crippen molar-refractivity contribution in [1.29, 1.82) is 0 Å². The van der Waals surface area contributed by atoms with Crippen LogP contribution in [0.2, 0.25) is 0 Å². The van der Waals surface area contributed by atoms with Crippen molar-refractivity contribution in [3.63, 3.8) is 0 Å². The number of nitrogens with one attached hydrogen (secondary N) is 2. The van der Waals surface area contributed by atoms with Crippen LogP contribution >= 0.6 is 15.9 Å². The monoisotopic (exact) mass is 316 g/mol. The summed E-state index contributed by atoms with van der Waals surface area (Å²) in [5.41, 5.74) is 0. The fourth-order valence-corrected chi connectivity index (χ4v) is 1.93. The first kappa shape index (κ1) is 13.5. The van der Waals surface area contributed by atoms with Crippen molar-refractivity contribution in [3.05, 3.63) is 10.7 Å². The van der Waals surface area contributed by atoms with Crippen LogP contribution in [0.15, 0.2) is 10.7 Å². The molecule has 0 radical (unpaired) electrons. The molecule has 18 heavy (non-hydrogen) atoms. The van der Waals surface area contributed by atoms with Crippen molar-refractivity contribution < 1.29 is 9.47 Å². The quantitative estimate of drug-likeness (QED) is 0.858. The summed E-state index contributed by atoms with van der Waals surface area (Å²) in [6, 6.07) is 0. The van der Waals surface area contributed by atoms with E-state index < -0.39 is 0 Å². The third-order valence-corrected chi connectivity index (χ3v) is 3.04. The Labute approximate surface area is 115 Å². The van der Waals surface area contributed by atoms with Crippen LogP contribution in [0.3, 0.4) is 0 Å². The van der Waals surface area contributed by atoms with Gasteiger partial charge in [-0.3, -0.25) is 0 Å². The number of aromatic nitrogens is 2. The fraction of sp³-hybridized carbons (Fsp3) is 0.636. The highest BCUT2D eigenvalue weighted by atomic mass is 79.9. The van der Waals surface area contributed by atoms with Crippen molar-refractivity contribution in [2.75, 3.05) is 43.5 Å². The molecule has 0 saturated carbocycles. The van der Waals surface area contributed by atoms with Gasteiger partial charge in [-0.05, 0) is 22.9 Å². The number of rotatable bonds is 5. The SMILES string of the molecule is CCNc1ncc(Br)c(NCC2COCCO2)n1. The van der Waals surface area contributed by atoms with Gasteiger partial charge < -0.3 is 20.1 Å². The zero-order chi connectivity index (χ0) is 12.8. The van der Waals surface area contributed by atoms with Crippen molar-refractivity contribution in [2.24, 2.45) is 0 Å². The second kappa shape index (κ2) is 6.86. The minimum Gasteiger partial charge on any atom is -0.376 e. The number of hydrogen-bond donors (Lipinski definition) is 2. The minimum atomic E-state index is 0.0724. The number of nitrogens with zero attached hydrogens (tertiary/aromatic N) is 2. The highest BCUT2D eigenvalue weighted by Gasteiger charge is 2.15. The molecule has 1 aliphatic rings. The average Bonchev–Trinajstić information content (AvgIpc) is 2.41. The Morgan fingerprint density at radius 3 is 3.06 bits per heavy atom. The van der Waals surface area contributed by atoms with Crippen LogP contribution in [-0.4, -0.2) is 49.0 Å². The molecule has 1 saturated heterocycles. The number of ether oxygens (including phenoxy) is 2. The Kier molecular flexibility index (Phi) is 5.15. The maximum absolute atomic E-state index is 5.56. The normalized spacial score (nSPS) is 19.6. The van der Waals surface area contributed by atoms with E-state index in [1.807, 2.05) is 6.92 Å². The highest BCUT2D eigenvalue weighted by molar-refractivity contribution is 9.10. The van der Waals surface area contributed by atoms with E-state index in [-0.39, 0.29) is 6.10 Å². The lowest BCUT2D eigenvalue weighted by atomic mass is 10.3. The number of anilines is 2. The molecule has 1 aromatic heterocycles. The van der Waals surface area contributed by atoms with E-state index in [2.05, 4.69) is 36.5 Å². The molecule has 1 aliphatic heterocycles. The summed E-state index contributed by atoms with van der Waals surface area (Å²) < 4.78 is 11.7. The molecule has 2 heterocycles. The van der Waals surface area contributed by atoms with Gasteiger partial charge in [0, 0.05) is 19.3 Å². The van der Waals surface area contributed by atoms with E-state index in [1.165, 1.54) is 0 Å². The first-order valence-electron chi connectivity index (χ1n) is 5.99. The Morgan fingerprint density at radius 1 is 1.44 bits per heavy atom. The van der Waals surface area contributed by atoms with Gasteiger partial charge in [0.15, 0.2) is 0 Å². The van der Waals surface area contributed by atoms with Crippen LogP contribution in [0.25, 0.3) is 0 Å². The maximum Gasteiger partial charge on any atom is 0.224 e. The van der Waals surface area contributed by atoms with Crippen LogP contribution in [0, 0.1) is 0 Å². The molecule has 2 rings (SSSR count). The Hall–Kier alpha value is -0.920. The Morgan fingerprint density at radius 2 is 2.33 bits per heavy atom. The van der Waals surface area contributed by atoms with Gasteiger partial charge in [0.25, 0.3) is 0 Å². The number of halogens is 1. The molecule has 0 aromatic carbocycles. The molecule has 0 spiro atoms. The molecule has 100 valence electrons. The summed E-state index contributed by atoms with van der Waals surface area (Å²) in [7, 11) is 0. The van der Waals surface area contributed by atoms with Gasteiger partial charge >= 0.3 is 0 Å². The molecule has 1 aromatic rings. The van der Waals surface area contributed by atoms with E-state index in [4.69, 9.17) is 9.47 Å². The summed E-state index contributed by atoms with van der Waals surface area (Å²) in [6.45, 7) is 5.42. The summed E-state index contributed by atoms with van der Waals surface area (Å²) in [4.78, 5) is 8.53. The van der Waals surface area contributed by atoms with E-state index >= 15 is 0 Å². The van der Waals surface area contributed by atoms with Gasteiger partial charge in [-0.15, -0.1) is 0 Å². The maximum atomic E-state index is 5.56. The lowest BCUT2D eigenvalue weighted by molar-refractivity contribution is -0.0819. The molecular formula is C11H17BrN4O2. The van der Waals surface area contributed by atoms with E-state index in [0.717, 1.165) is 16.8 Å². The summed E-state index contributed by atoms with van der Waals surface area (Å²) in [6.07, 6.45) is 1.80. The molecule has 0 aliphatic carbocycles. The van der Waals surface area contributed by atoms with E-state index in [9.17, 15) is 0 Å². The van der Waals surface area contributed by atoms with Gasteiger partial charge in [0.05, 0.1) is 30.4 Å². The van der Waals surface area contributed by atoms with Crippen molar-refractivity contribution in [3.8, 4) is 0 Å². The van der Waals surface area contributed by atoms with Gasteiger partial charge in [0.1, 0.15) is 5.82 Å². The summed E-state index contributed by atoms with van der Waals surface area (Å²) in [5, 5.41) is 6.31. The smallest absolute Gasteiger partial charge is 0.224 e. The second-order valence-corrected chi connectivity index (χ2v) is 4.72. The number of hydrogen-bond acceptors (Lipinski definition) is 6. The second-order valence-electron chi connectivity index (χ2n) is 3.87. The lowest BCUT2D eigenvalue weighted by Crippen LogP contribution is -2.34. The zero-order valence-corrected chi connectivity index (χ0v) is 11.9. The van der Waals surface area contributed by atoms with Crippen molar-refractivity contribution >= 4 is 27.7 Å². The highest BCUT2D eigenvalue weighted by Crippen LogP contribution is 2.20. The summed E-state index contributed by atoms with van der Waals surface area (Å²) >= 11 is 3.42. The zero-order valence-electron chi connectivity index (χ0n) is 10.3. The van der Waals surface area contributed by atoms with Gasteiger partial charge in [-0.1, -0.05) is 0 Å². The molecule has 6 nitrogen and oxygen atoms in total. The molecule has 0 amide bonds. The first-order valence-corrected chi connectivity index (χ1v) is 6.78. The molecule has 7 heteroatoms. The fourth-order valence-electron chi connectivity index (χ4n) is 1.60. The first-order chi connectivity index (χ1) is 8.79. The molecular weight excluding hydrogens is 300 g/mol. The van der Waals surface area contributed by atoms with Gasteiger partial charge in [-0.2, -0.15) is 4.98 Å². The van der Waals surface area contributed by atoms with Crippen molar-refractivity contribution in [2.45, 2.75) is 13.0 Å². The molecule has 1 unspecified atom stereocenters. The predicted molar refractivity (Wildman–Crippen MR) is 72.9 cm³/mol. The molecule has 1 atom stereocenters. The van der Waals surface area contributed by atoms with Crippen LogP contribution < -0.4 is 10.6 Å². The van der Waals surface area contributed by atoms with Crippen molar-refractivity contribution in [1.82, 2.24) is 9.97 Å². The average molecular weight is 317 g/mol. The molecule has 0 bridgehead atoms. The predicted octanol–water partition coefficient (Wildman–Crippen LogP) is 1.50. The topological polar surface area (TPSA) is 68.3 Å². The Balaban J connectivity index is 1.92. The molecule has 1 fully saturated rings. The lowest BCUT2D eigenvalue weighted by Gasteiger charge is -2.23. The van der Waals surface area contributed by atoms with E-state index in [0.29, 0.717) is 32.3 Å². The minimum absolute atomic E-state index is 0.0724. The van der Waals surface area contributed by atoms with Crippen LogP contribution in [0.1, 0.15) is 6.92 Å². The Bertz CT molecular complexity index is 385. The van der Waals surface area contributed by atoms with Crippen LogP contribution in [0.5, 0.6) is 0 Å². The van der Waals surface area contributed by atoms with Gasteiger partial charge in [0.2, 0.25) is 5.95 Å². The van der Waals surface area contributed by atoms with Crippen LogP contribution in [-0.2, 0) is 9.47 Å². The molecule has 2 N–H and O–H groups in total. The standard InChI is InChI=1S/C11H17BrN4O2/c1-2-13-11-15-6-9(12)10(16-11)14-5-8-7-17-3-4-18-8/h6,8H,2-5,7H2,1H3,(H2,13,14,15,16). The van der Waals surface area contributed by atoms with Gasteiger partial charge in [-0.25, -0.2) is 4.98 Å². The van der Waals surface area contributed by atoms with Crippen LogP contribution in [0.4, 0.5) is 11.8 Å².